The first-order valence-electron chi connectivity index (χ1n) is 18.1. The number of nitrogens with zero attached hydrogens (tertiary/aromatic N) is 4. The van der Waals surface area contributed by atoms with E-state index in [-0.39, 0.29) is 59.2 Å². The monoisotopic (exact) mass is 886 g/mol. The first-order chi connectivity index (χ1) is 27.0. The van der Waals surface area contributed by atoms with Gasteiger partial charge in [0, 0.05) is 30.5 Å². The van der Waals surface area contributed by atoms with Gasteiger partial charge < -0.3 is 66.5 Å². The van der Waals surface area contributed by atoms with Crippen LogP contribution >= 0.6 is 35.2 Å². The van der Waals surface area contributed by atoms with Gasteiger partial charge in [-0.25, -0.2) is 24.1 Å². The quantitative estimate of drug-likeness (QED) is 0.0270. The van der Waals surface area contributed by atoms with Crippen molar-refractivity contribution in [3.63, 3.8) is 0 Å². The van der Waals surface area contributed by atoms with Crippen molar-refractivity contribution in [3.05, 3.63) is 12.7 Å². The lowest BCUT2D eigenvalue weighted by Crippen LogP contribution is -2.37. The lowest BCUT2D eigenvalue weighted by molar-refractivity contribution is -0.246. The number of nitrogen functional groups attached to an aromatic ring is 1. The van der Waals surface area contributed by atoms with E-state index in [2.05, 4.69) is 54.7 Å². The van der Waals surface area contributed by atoms with Crippen LogP contribution in [-0.2, 0) is 36.4 Å². The van der Waals surface area contributed by atoms with Crippen LogP contribution in [0.1, 0.15) is 44.8 Å². The SMILES string of the molecule is Nc1ncnc2c1ncn2[C@@H]1O[C@H](COP(=O)([O-])OP(=O)([O-])OP(=O)([O-])NCCCNCCCCNCCCNC(=O)CC[C@@H]2SC[C@@H]3NC(=O)N[C@@H]32)C(O)[C@@H]1O. The molecule has 3 aliphatic rings. The third kappa shape index (κ3) is 13.6. The third-order valence-electron chi connectivity index (χ3n) is 9.04. The highest BCUT2D eigenvalue weighted by Crippen LogP contribution is 2.61. The zero-order chi connectivity index (χ0) is 41.2. The molecule has 5 rings (SSSR count). The maximum atomic E-state index is 12.2. The van der Waals surface area contributed by atoms with Gasteiger partial charge in [0.05, 0.1) is 25.0 Å². The number of imidazole rings is 1. The number of hydrogen-bond acceptors (Lipinski definition) is 21. The lowest BCUT2D eigenvalue weighted by atomic mass is 10.0. The first-order valence-corrected chi connectivity index (χ1v) is 23.6. The van der Waals surface area contributed by atoms with Crippen molar-refractivity contribution in [3.8, 4) is 0 Å². The van der Waals surface area contributed by atoms with Crippen molar-refractivity contribution in [2.24, 2.45) is 0 Å². The molecule has 0 saturated carbocycles. The topological polar surface area (TPSA) is 374 Å². The number of nitrogens with two attached hydrogens (primary N) is 1. The number of aliphatic hydroxyl groups is 2. The molecule has 0 radical (unpaired) electrons. The van der Waals surface area contributed by atoms with Crippen LogP contribution in [0.25, 0.3) is 11.2 Å². The van der Waals surface area contributed by atoms with Crippen LogP contribution in [0.4, 0.5) is 10.6 Å². The molecule has 3 fully saturated rings. The number of hydrogen-bond donors (Lipinski definition) is 9. The van der Waals surface area contributed by atoms with Gasteiger partial charge in [0.1, 0.15) is 30.2 Å². The number of anilines is 1. The number of urea groups is 1. The van der Waals surface area contributed by atoms with Crippen LogP contribution in [0, 0.1) is 0 Å². The molecule has 0 aliphatic carbocycles. The number of phosphoric acid groups is 2. The number of amides is 3. The molecule has 0 bridgehead atoms. The Kier molecular flexibility index (Phi) is 16.7. The summed E-state index contributed by atoms with van der Waals surface area (Å²) in [6.07, 6.45) is -0.0761. The molecule has 3 amide bonds. The van der Waals surface area contributed by atoms with Gasteiger partial charge in [-0.15, -0.1) is 0 Å². The Balaban J connectivity index is 0.860. The van der Waals surface area contributed by atoms with Crippen LogP contribution in [0.3, 0.4) is 0 Å². The van der Waals surface area contributed by atoms with Crippen molar-refractivity contribution in [1.29, 1.82) is 0 Å². The first kappa shape index (κ1) is 45.7. The number of thioether (sulfide) groups is 1. The number of carbonyl (C=O) groups excluding carboxylic acids is 2. The van der Waals surface area contributed by atoms with Crippen LogP contribution in [0.2, 0.25) is 0 Å². The standard InChI is InChI=1S/C28H50N11O14P3S/c29-25-22-26(34-15-33-25)39(16-35-22)27-24(42)23(41)18(51-27)13-50-55(46,47)53-56(48,49)52-54(44,45)36-12-4-10-31-8-2-1-7-30-9-3-11-32-20(40)6-5-19-21-17(14-57-19)37-28(43)38-21/h15-19,21,23-24,27,30-31,41-42H,1-14H2,(H,32,40)(H,46,47)(H,48,49)(H2,29,33,34)(H2,36,44,45)(H2,37,38,43)/p-3/t17-,18+,19-,21-,23?,24-,27+/m0/s1. The Morgan fingerprint density at radius 2 is 1.67 bits per heavy atom. The summed E-state index contributed by atoms with van der Waals surface area (Å²) < 4.78 is 55.5. The molecule has 3 saturated heterocycles. The van der Waals surface area contributed by atoms with Crippen molar-refractivity contribution >= 4 is 64.1 Å². The molecule has 322 valence electrons. The predicted molar refractivity (Wildman–Crippen MR) is 197 cm³/mol. The Bertz CT molecular complexity index is 1820. The third-order valence-corrected chi connectivity index (χ3v) is 14.9. The number of carbonyl (C=O) groups is 2. The summed E-state index contributed by atoms with van der Waals surface area (Å²) in [5, 5.41) is 38.2. The number of nitrogens with one attached hydrogen (secondary N) is 6. The summed E-state index contributed by atoms with van der Waals surface area (Å²) in [5.74, 6) is 0.881. The van der Waals surface area contributed by atoms with E-state index in [1.54, 1.807) is 11.8 Å². The van der Waals surface area contributed by atoms with Crippen molar-refractivity contribution < 1.29 is 66.1 Å². The van der Waals surface area contributed by atoms with E-state index >= 15 is 0 Å². The Hall–Kier alpha value is -2.35. The minimum absolute atomic E-state index is 0.00311. The number of fused-ring (bicyclic) bond motifs is 2. The van der Waals surface area contributed by atoms with E-state index in [1.165, 1.54) is 10.9 Å². The van der Waals surface area contributed by atoms with E-state index < -0.39 is 54.5 Å². The summed E-state index contributed by atoms with van der Waals surface area (Å²) in [4.78, 5) is 71.9. The Labute approximate surface area is 331 Å². The summed E-state index contributed by atoms with van der Waals surface area (Å²) in [6, 6.07) is 0.0788. The van der Waals surface area contributed by atoms with Gasteiger partial charge in [-0.2, -0.15) is 11.8 Å². The number of aromatic nitrogens is 4. The molecule has 10 N–H and O–H groups in total. The molecule has 0 spiro atoms. The molecular weight excluding hydrogens is 839 g/mol. The molecule has 10 atom stereocenters. The fourth-order valence-corrected chi connectivity index (χ4v) is 11.4. The van der Waals surface area contributed by atoms with Crippen molar-refractivity contribution in [1.82, 2.24) is 51.2 Å². The zero-order valence-corrected chi connectivity index (χ0v) is 34.0. The number of ether oxygens (including phenoxy) is 1. The fraction of sp³-hybridized carbons (Fsp3) is 0.750. The normalized spacial score (nSPS) is 27.7. The zero-order valence-electron chi connectivity index (χ0n) is 30.5. The van der Waals surface area contributed by atoms with Crippen molar-refractivity contribution in [2.45, 2.75) is 80.4 Å². The summed E-state index contributed by atoms with van der Waals surface area (Å²) in [7, 11) is -17.2. The fourth-order valence-electron chi connectivity index (χ4n) is 6.26. The average Bonchev–Trinajstić information content (AvgIpc) is 3.89. The van der Waals surface area contributed by atoms with Gasteiger partial charge in [-0.1, -0.05) is 0 Å². The molecule has 2 aromatic rings. The number of phosphoric ester groups is 1. The second kappa shape index (κ2) is 20.8. The molecular formula is C28H47N11O14P3S-3. The van der Waals surface area contributed by atoms with Crippen LogP contribution in [0.15, 0.2) is 12.7 Å². The Morgan fingerprint density at radius 3 is 2.40 bits per heavy atom. The van der Waals surface area contributed by atoms with Crippen LogP contribution < -0.4 is 52.1 Å². The molecule has 29 heteroatoms. The summed E-state index contributed by atoms with van der Waals surface area (Å²) in [5.41, 5.74) is 6.04. The molecule has 2 aromatic heterocycles. The second-order valence-corrected chi connectivity index (χ2v) is 19.2. The molecule has 5 heterocycles. The van der Waals surface area contributed by atoms with Crippen LogP contribution in [0.5, 0.6) is 0 Å². The molecule has 25 nitrogen and oxygen atoms in total. The largest absolute Gasteiger partial charge is 0.766 e. The molecule has 0 aromatic carbocycles. The minimum Gasteiger partial charge on any atom is -0.766 e. The number of aliphatic hydroxyl groups excluding tert-OH is 2. The van der Waals surface area contributed by atoms with Gasteiger partial charge >= 0.3 is 6.03 Å². The minimum atomic E-state index is -6.04. The van der Waals surface area contributed by atoms with Gasteiger partial charge in [0.2, 0.25) is 13.7 Å². The van der Waals surface area contributed by atoms with E-state index in [4.69, 9.17) is 10.5 Å². The van der Waals surface area contributed by atoms with Crippen LogP contribution in [-0.4, -0.2) is 129 Å². The molecule has 3 aliphatic heterocycles. The van der Waals surface area contributed by atoms with E-state index in [0.717, 1.165) is 44.4 Å². The van der Waals surface area contributed by atoms with Gasteiger partial charge in [0.25, 0.3) is 15.6 Å². The van der Waals surface area contributed by atoms with Gasteiger partial charge in [0.15, 0.2) is 17.7 Å². The maximum Gasteiger partial charge on any atom is 0.315 e. The number of rotatable bonds is 25. The maximum absolute atomic E-state index is 12.2. The highest BCUT2D eigenvalue weighted by atomic mass is 32.2. The highest BCUT2D eigenvalue weighted by Gasteiger charge is 2.45. The molecule has 4 unspecified atom stereocenters. The molecule has 57 heavy (non-hydrogen) atoms. The van der Waals surface area contributed by atoms with E-state index in [9.17, 15) is 48.2 Å². The lowest BCUT2D eigenvalue weighted by Gasteiger charge is -2.35. The predicted octanol–water partition coefficient (Wildman–Crippen LogP) is -3.13. The highest BCUT2D eigenvalue weighted by molar-refractivity contribution is 8.00. The van der Waals surface area contributed by atoms with E-state index in [0.29, 0.717) is 32.5 Å². The smallest absolute Gasteiger partial charge is 0.315 e. The number of unbranched alkanes of at least 4 members (excludes halogenated alkanes) is 1. The summed E-state index contributed by atoms with van der Waals surface area (Å²) in [6.45, 7) is 1.81. The van der Waals surface area contributed by atoms with E-state index in [1.807, 2.05) is 5.09 Å². The second-order valence-electron chi connectivity index (χ2n) is 13.3. The average molecular weight is 887 g/mol. The van der Waals surface area contributed by atoms with Gasteiger partial charge in [-0.05, 0) is 58.3 Å². The summed E-state index contributed by atoms with van der Waals surface area (Å²) >= 11 is 1.78. The van der Waals surface area contributed by atoms with Crippen molar-refractivity contribution in [2.75, 3.05) is 57.4 Å². The van der Waals surface area contributed by atoms with Gasteiger partial charge in [-0.3, -0.25) is 32.5 Å². The Morgan fingerprint density at radius 1 is 0.965 bits per heavy atom.